The van der Waals surface area contributed by atoms with Gasteiger partial charge in [-0.05, 0) is 55.7 Å². The van der Waals surface area contributed by atoms with Crippen molar-refractivity contribution in [3.63, 3.8) is 0 Å². The first kappa shape index (κ1) is 21.0. The second kappa shape index (κ2) is 7.77. The molecule has 0 radical (unpaired) electrons. The number of hydrogen-bond acceptors (Lipinski definition) is 5. The molecule has 2 N–H and O–H groups in total. The van der Waals surface area contributed by atoms with E-state index in [1.165, 1.54) is 23.5 Å². The highest BCUT2D eigenvalue weighted by Gasteiger charge is 2.29. The Kier molecular flexibility index (Phi) is 5.43. The number of rotatable bonds is 4. The van der Waals surface area contributed by atoms with E-state index in [1.54, 1.807) is 16.6 Å². The fraction of sp³-hybridized carbons (Fsp3) is 0.368. The average molecular weight is 453 g/mol. The molecule has 30 heavy (non-hydrogen) atoms. The van der Waals surface area contributed by atoms with Crippen LogP contribution in [0.2, 0.25) is 5.15 Å². The second-order valence-corrected chi connectivity index (χ2v) is 9.45. The fourth-order valence-electron chi connectivity index (χ4n) is 3.81. The largest absolute Gasteiger partial charge is 0.355 e. The SMILES string of the molecule is Cc1cc(Cl)n2nc(-c3ccc(F)cc3)nc(N3CCC(N(C)S(N)(=O)=O)CC3)c12. The van der Waals surface area contributed by atoms with Crippen molar-refractivity contribution in [1.29, 1.82) is 0 Å². The summed E-state index contributed by atoms with van der Waals surface area (Å²) in [6.45, 7) is 3.14. The first-order chi connectivity index (χ1) is 14.1. The number of aryl methyl sites for hydroxylation is 1. The van der Waals surface area contributed by atoms with Gasteiger partial charge < -0.3 is 4.90 Å². The summed E-state index contributed by atoms with van der Waals surface area (Å²) in [6.07, 6.45) is 1.23. The number of benzene rings is 1. The zero-order valence-electron chi connectivity index (χ0n) is 16.6. The minimum absolute atomic E-state index is 0.165. The number of fused-ring (bicyclic) bond motifs is 1. The van der Waals surface area contributed by atoms with Gasteiger partial charge in [0.15, 0.2) is 11.6 Å². The number of anilines is 1. The van der Waals surface area contributed by atoms with Crippen molar-refractivity contribution in [2.45, 2.75) is 25.8 Å². The van der Waals surface area contributed by atoms with Crippen LogP contribution in [-0.4, -0.2) is 53.5 Å². The summed E-state index contributed by atoms with van der Waals surface area (Å²) >= 11 is 6.40. The van der Waals surface area contributed by atoms with E-state index in [0.29, 0.717) is 48.3 Å². The monoisotopic (exact) mass is 452 g/mol. The van der Waals surface area contributed by atoms with Crippen molar-refractivity contribution in [3.05, 3.63) is 46.9 Å². The second-order valence-electron chi connectivity index (χ2n) is 7.46. The number of halogens is 2. The van der Waals surface area contributed by atoms with Crippen LogP contribution in [0.3, 0.4) is 0 Å². The number of nitrogens with zero attached hydrogens (tertiary/aromatic N) is 5. The predicted molar refractivity (Wildman–Crippen MR) is 114 cm³/mol. The third-order valence-corrected chi connectivity index (χ3v) is 6.89. The van der Waals surface area contributed by atoms with Gasteiger partial charge in [0.2, 0.25) is 0 Å². The van der Waals surface area contributed by atoms with Crippen LogP contribution in [0, 0.1) is 12.7 Å². The average Bonchev–Trinajstić information content (AvgIpc) is 3.00. The van der Waals surface area contributed by atoms with Gasteiger partial charge in [-0.2, -0.15) is 12.7 Å². The summed E-state index contributed by atoms with van der Waals surface area (Å²) in [6, 6.07) is 7.63. The molecule has 4 rings (SSSR count). The normalized spacial score (nSPS) is 16.0. The lowest BCUT2D eigenvalue weighted by Crippen LogP contribution is -2.47. The van der Waals surface area contributed by atoms with E-state index in [4.69, 9.17) is 21.7 Å². The molecule has 11 heteroatoms. The van der Waals surface area contributed by atoms with E-state index in [0.717, 1.165) is 11.1 Å². The maximum atomic E-state index is 13.3. The third-order valence-electron chi connectivity index (χ3n) is 5.52. The smallest absolute Gasteiger partial charge is 0.276 e. The van der Waals surface area contributed by atoms with Gasteiger partial charge in [0.05, 0.1) is 0 Å². The number of piperidine rings is 1. The molecule has 0 spiro atoms. The zero-order chi connectivity index (χ0) is 21.6. The molecule has 0 aliphatic carbocycles. The van der Waals surface area contributed by atoms with Crippen LogP contribution in [-0.2, 0) is 10.2 Å². The molecule has 3 heterocycles. The molecule has 2 aromatic heterocycles. The predicted octanol–water partition coefficient (Wildman–Crippen LogP) is 2.60. The van der Waals surface area contributed by atoms with Crippen molar-refractivity contribution >= 4 is 33.1 Å². The van der Waals surface area contributed by atoms with Gasteiger partial charge >= 0.3 is 0 Å². The zero-order valence-corrected chi connectivity index (χ0v) is 18.2. The topological polar surface area (TPSA) is 96.8 Å². The molecule has 1 saturated heterocycles. The fourth-order valence-corrected chi connectivity index (χ4v) is 4.72. The molecule has 1 fully saturated rings. The van der Waals surface area contributed by atoms with Crippen molar-refractivity contribution in [2.75, 3.05) is 25.0 Å². The third kappa shape index (κ3) is 3.87. The Bertz CT molecular complexity index is 1190. The Labute approximate surface area is 179 Å². The van der Waals surface area contributed by atoms with E-state index in [2.05, 4.69) is 10.00 Å². The van der Waals surface area contributed by atoms with Gasteiger partial charge in [0, 0.05) is 31.7 Å². The Balaban J connectivity index is 1.72. The summed E-state index contributed by atoms with van der Waals surface area (Å²) in [4.78, 5) is 6.87. The highest BCUT2D eigenvalue weighted by atomic mass is 35.5. The van der Waals surface area contributed by atoms with Gasteiger partial charge in [-0.1, -0.05) is 11.6 Å². The lowest BCUT2D eigenvalue weighted by atomic mass is 10.1. The molecule has 1 aliphatic heterocycles. The van der Waals surface area contributed by atoms with Gasteiger partial charge in [-0.25, -0.2) is 19.0 Å². The van der Waals surface area contributed by atoms with Crippen LogP contribution in [0.5, 0.6) is 0 Å². The molecule has 0 atom stereocenters. The lowest BCUT2D eigenvalue weighted by Gasteiger charge is -2.36. The van der Waals surface area contributed by atoms with Crippen LogP contribution < -0.4 is 10.0 Å². The summed E-state index contributed by atoms with van der Waals surface area (Å²) in [5.41, 5.74) is 2.40. The molecular formula is C19H22ClFN6O2S. The molecular weight excluding hydrogens is 431 g/mol. The van der Waals surface area contributed by atoms with Crippen LogP contribution in [0.1, 0.15) is 18.4 Å². The summed E-state index contributed by atoms with van der Waals surface area (Å²) < 4.78 is 39.5. The molecule has 3 aromatic rings. The van der Waals surface area contributed by atoms with Crippen LogP contribution >= 0.6 is 11.6 Å². The van der Waals surface area contributed by atoms with Gasteiger partial charge in [-0.15, -0.1) is 5.10 Å². The Morgan fingerprint density at radius 3 is 2.47 bits per heavy atom. The highest BCUT2D eigenvalue weighted by molar-refractivity contribution is 7.86. The molecule has 0 amide bonds. The molecule has 8 nitrogen and oxygen atoms in total. The van der Waals surface area contributed by atoms with Gasteiger partial charge in [0.1, 0.15) is 16.5 Å². The minimum Gasteiger partial charge on any atom is -0.355 e. The maximum absolute atomic E-state index is 13.3. The van der Waals surface area contributed by atoms with Crippen molar-refractivity contribution in [2.24, 2.45) is 5.14 Å². The van der Waals surface area contributed by atoms with E-state index >= 15 is 0 Å². The molecule has 1 aromatic carbocycles. The van der Waals surface area contributed by atoms with Gasteiger partial charge in [-0.3, -0.25) is 0 Å². The molecule has 1 aliphatic rings. The van der Waals surface area contributed by atoms with E-state index in [9.17, 15) is 12.8 Å². The van der Waals surface area contributed by atoms with E-state index in [1.807, 2.05) is 13.0 Å². The lowest BCUT2D eigenvalue weighted by molar-refractivity contribution is 0.312. The van der Waals surface area contributed by atoms with Crippen LogP contribution in [0.4, 0.5) is 10.2 Å². The Hall–Kier alpha value is -2.27. The summed E-state index contributed by atoms with van der Waals surface area (Å²) in [5.74, 6) is 0.806. The highest BCUT2D eigenvalue weighted by Crippen LogP contribution is 2.32. The maximum Gasteiger partial charge on any atom is 0.276 e. The van der Waals surface area contributed by atoms with E-state index in [-0.39, 0.29) is 11.9 Å². The summed E-state index contributed by atoms with van der Waals surface area (Å²) in [5, 5.41) is 10.3. The number of nitrogens with two attached hydrogens (primary N) is 1. The number of aromatic nitrogens is 3. The molecule has 0 bridgehead atoms. The Morgan fingerprint density at radius 1 is 1.23 bits per heavy atom. The van der Waals surface area contributed by atoms with Crippen molar-refractivity contribution in [1.82, 2.24) is 18.9 Å². The van der Waals surface area contributed by atoms with Crippen LogP contribution in [0.25, 0.3) is 16.9 Å². The van der Waals surface area contributed by atoms with E-state index < -0.39 is 10.2 Å². The summed E-state index contributed by atoms with van der Waals surface area (Å²) in [7, 11) is -2.23. The van der Waals surface area contributed by atoms with Crippen LogP contribution in [0.15, 0.2) is 30.3 Å². The first-order valence-electron chi connectivity index (χ1n) is 9.47. The van der Waals surface area contributed by atoms with Crippen molar-refractivity contribution < 1.29 is 12.8 Å². The van der Waals surface area contributed by atoms with Crippen molar-refractivity contribution in [3.8, 4) is 11.4 Å². The first-order valence-corrected chi connectivity index (χ1v) is 11.4. The quantitative estimate of drug-likeness (QED) is 0.656. The standard InChI is InChI=1S/C19H22ClFN6O2S/c1-12-11-16(20)27-17(12)19(23-18(24-27)13-3-5-14(21)6-4-13)26-9-7-15(8-10-26)25(2)30(22,28)29/h3-6,11,15H,7-10H2,1-2H3,(H2,22,28,29). The number of hydrogen-bond donors (Lipinski definition) is 1. The molecule has 0 unspecified atom stereocenters. The minimum atomic E-state index is -3.73. The molecule has 0 saturated carbocycles. The van der Waals surface area contributed by atoms with Gasteiger partial charge in [0.25, 0.3) is 10.2 Å². The Morgan fingerprint density at radius 2 is 1.87 bits per heavy atom. The molecule has 160 valence electrons.